The van der Waals surface area contributed by atoms with Gasteiger partial charge in [0, 0.05) is 6.20 Å². The van der Waals surface area contributed by atoms with E-state index >= 15 is 0 Å². The van der Waals surface area contributed by atoms with Gasteiger partial charge in [-0.1, -0.05) is 0 Å². The Balaban J connectivity index is 3.05. The molecule has 0 unspecified atom stereocenters. The quantitative estimate of drug-likeness (QED) is 0.645. The van der Waals surface area contributed by atoms with Gasteiger partial charge in [0.05, 0.1) is 0 Å². The fourth-order valence-electron chi connectivity index (χ4n) is 0.834. The summed E-state index contributed by atoms with van der Waals surface area (Å²) in [6.07, 6.45) is 2.31. The minimum Gasteiger partial charge on any atom is -0.313 e. The molecule has 11 heavy (non-hydrogen) atoms. The Morgan fingerprint density at radius 3 is 2.91 bits per heavy atom. The minimum atomic E-state index is 0.634. The van der Waals surface area contributed by atoms with Crippen LogP contribution in [0.3, 0.4) is 0 Å². The van der Waals surface area contributed by atoms with Crippen LogP contribution in [-0.2, 0) is 4.79 Å². The third-order valence-electron chi connectivity index (χ3n) is 1.67. The number of aryl methyl sites for hydroxylation is 1. The van der Waals surface area contributed by atoms with Gasteiger partial charge in [-0.2, -0.15) is 0 Å². The highest BCUT2D eigenvalue weighted by Gasteiger charge is 1.98. The lowest BCUT2D eigenvalue weighted by Crippen LogP contribution is -2.00. The molecule has 1 heterocycles. The summed E-state index contributed by atoms with van der Waals surface area (Å²) < 4.78 is 0. The van der Waals surface area contributed by atoms with Crippen LogP contribution in [0.4, 0.5) is 5.82 Å². The molecule has 0 bridgehead atoms. The van der Waals surface area contributed by atoms with Crippen molar-refractivity contribution in [2.45, 2.75) is 13.8 Å². The maximum Gasteiger partial charge on any atom is 0.212 e. The molecule has 1 N–H and O–H groups in total. The third kappa shape index (κ3) is 1.55. The summed E-state index contributed by atoms with van der Waals surface area (Å²) in [5.41, 5.74) is 2.14. The van der Waals surface area contributed by atoms with E-state index in [4.69, 9.17) is 0 Å². The van der Waals surface area contributed by atoms with E-state index in [9.17, 15) is 4.79 Å². The highest BCUT2D eigenvalue weighted by Crippen LogP contribution is 2.13. The molecule has 3 heteroatoms. The van der Waals surface area contributed by atoms with Crippen molar-refractivity contribution in [2.24, 2.45) is 0 Å². The van der Waals surface area contributed by atoms with Gasteiger partial charge in [-0.25, -0.2) is 4.98 Å². The van der Waals surface area contributed by atoms with Crippen LogP contribution in [0.5, 0.6) is 0 Å². The molecule has 0 fully saturated rings. The second kappa shape index (κ2) is 3.14. The van der Waals surface area contributed by atoms with Crippen LogP contribution >= 0.6 is 0 Å². The van der Waals surface area contributed by atoms with Gasteiger partial charge < -0.3 is 5.32 Å². The fourth-order valence-corrected chi connectivity index (χ4v) is 0.834. The van der Waals surface area contributed by atoms with Crippen LogP contribution < -0.4 is 5.32 Å². The van der Waals surface area contributed by atoms with E-state index in [1.165, 1.54) is 0 Å². The molecule has 0 aliphatic carbocycles. The number of amides is 1. The monoisotopic (exact) mass is 150 g/mol. The summed E-state index contributed by atoms with van der Waals surface area (Å²) in [4.78, 5) is 14.1. The first kappa shape index (κ1) is 7.72. The molecule has 0 saturated heterocycles. The van der Waals surface area contributed by atoms with Crippen LogP contribution in [0, 0.1) is 13.8 Å². The summed E-state index contributed by atoms with van der Waals surface area (Å²) in [6, 6.07) is 1.91. The SMILES string of the molecule is Cc1ccnc(NC=O)c1C. The molecule has 0 spiro atoms. The lowest BCUT2D eigenvalue weighted by atomic mass is 10.2. The van der Waals surface area contributed by atoms with Gasteiger partial charge in [-0.05, 0) is 31.0 Å². The van der Waals surface area contributed by atoms with E-state index in [1.54, 1.807) is 6.20 Å². The van der Waals surface area contributed by atoms with Crippen molar-refractivity contribution in [1.29, 1.82) is 0 Å². The molecular weight excluding hydrogens is 140 g/mol. The van der Waals surface area contributed by atoms with Crippen molar-refractivity contribution in [3.05, 3.63) is 23.4 Å². The minimum absolute atomic E-state index is 0.634. The molecule has 0 atom stereocenters. The molecule has 0 saturated carbocycles. The Kier molecular flexibility index (Phi) is 2.21. The average molecular weight is 150 g/mol. The number of nitrogens with one attached hydrogen (secondary N) is 1. The standard InChI is InChI=1S/C8H10N2O/c1-6-3-4-9-8(7(6)2)10-5-11/h3-5H,1-2H3,(H,9,10,11). The molecule has 0 radical (unpaired) electrons. The van der Waals surface area contributed by atoms with E-state index in [2.05, 4.69) is 10.3 Å². The lowest BCUT2D eigenvalue weighted by molar-refractivity contribution is -0.105. The first-order valence-corrected chi connectivity index (χ1v) is 3.38. The van der Waals surface area contributed by atoms with Gasteiger partial charge in [0.15, 0.2) is 0 Å². The van der Waals surface area contributed by atoms with Crippen LogP contribution in [0.15, 0.2) is 12.3 Å². The predicted octanol–water partition coefficient (Wildman–Crippen LogP) is 1.27. The number of aromatic nitrogens is 1. The Bertz CT molecular complexity index is 271. The van der Waals surface area contributed by atoms with Gasteiger partial charge in [-0.3, -0.25) is 4.79 Å². The largest absolute Gasteiger partial charge is 0.313 e. The van der Waals surface area contributed by atoms with Gasteiger partial charge in [0.1, 0.15) is 5.82 Å². The first-order valence-electron chi connectivity index (χ1n) is 3.38. The fraction of sp³-hybridized carbons (Fsp3) is 0.250. The Morgan fingerprint density at radius 1 is 1.55 bits per heavy atom. The number of anilines is 1. The number of carbonyl (C=O) groups is 1. The average Bonchev–Trinajstić information content (AvgIpc) is 1.99. The van der Waals surface area contributed by atoms with Gasteiger partial charge in [0.2, 0.25) is 6.41 Å². The van der Waals surface area contributed by atoms with Crippen molar-refractivity contribution in [3.8, 4) is 0 Å². The maximum atomic E-state index is 10.1. The second-order valence-corrected chi connectivity index (χ2v) is 2.36. The molecule has 1 amide bonds. The molecule has 1 rings (SSSR count). The Hall–Kier alpha value is -1.38. The Labute approximate surface area is 65.5 Å². The maximum absolute atomic E-state index is 10.1. The van der Waals surface area contributed by atoms with E-state index < -0.39 is 0 Å². The van der Waals surface area contributed by atoms with Crippen LogP contribution in [0.25, 0.3) is 0 Å². The molecule has 0 aliphatic rings. The van der Waals surface area contributed by atoms with Crippen LogP contribution in [0.2, 0.25) is 0 Å². The van der Waals surface area contributed by atoms with Gasteiger partial charge >= 0.3 is 0 Å². The van der Waals surface area contributed by atoms with Crippen molar-refractivity contribution < 1.29 is 4.79 Å². The molecule has 0 aliphatic heterocycles. The number of hydrogen-bond acceptors (Lipinski definition) is 2. The number of hydrogen-bond donors (Lipinski definition) is 1. The van der Waals surface area contributed by atoms with Crippen molar-refractivity contribution in [3.63, 3.8) is 0 Å². The van der Waals surface area contributed by atoms with E-state index in [0.29, 0.717) is 12.2 Å². The molecular formula is C8H10N2O. The summed E-state index contributed by atoms with van der Waals surface area (Å²) in [7, 11) is 0. The second-order valence-electron chi connectivity index (χ2n) is 2.36. The number of rotatable bonds is 2. The number of nitrogens with zero attached hydrogens (tertiary/aromatic N) is 1. The van der Waals surface area contributed by atoms with Crippen molar-refractivity contribution >= 4 is 12.2 Å². The van der Waals surface area contributed by atoms with Crippen LogP contribution in [0.1, 0.15) is 11.1 Å². The third-order valence-corrected chi connectivity index (χ3v) is 1.67. The van der Waals surface area contributed by atoms with E-state index in [1.807, 2.05) is 19.9 Å². The molecule has 1 aromatic rings. The smallest absolute Gasteiger partial charge is 0.212 e. The molecule has 58 valence electrons. The predicted molar refractivity (Wildman–Crippen MR) is 43.4 cm³/mol. The van der Waals surface area contributed by atoms with Crippen molar-refractivity contribution in [1.82, 2.24) is 4.98 Å². The normalized spacial score (nSPS) is 9.27. The topological polar surface area (TPSA) is 42.0 Å². The zero-order valence-corrected chi connectivity index (χ0v) is 6.59. The summed E-state index contributed by atoms with van der Waals surface area (Å²) in [6.45, 7) is 3.90. The molecule has 0 aromatic carbocycles. The van der Waals surface area contributed by atoms with E-state index in [-0.39, 0.29) is 0 Å². The first-order chi connectivity index (χ1) is 5.25. The van der Waals surface area contributed by atoms with E-state index in [0.717, 1.165) is 11.1 Å². The summed E-state index contributed by atoms with van der Waals surface area (Å²) in [5, 5.41) is 2.52. The van der Waals surface area contributed by atoms with Gasteiger partial charge in [-0.15, -0.1) is 0 Å². The van der Waals surface area contributed by atoms with Crippen LogP contribution in [-0.4, -0.2) is 11.4 Å². The highest BCUT2D eigenvalue weighted by atomic mass is 16.1. The Morgan fingerprint density at radius 2 is 2.27 bits per heavy atom. The molecule has 1 aromatic heterocycles. The number of pyridine rings is 1. The number of carbonyl (C=O) groups excluding carboxylic acids is 1. The molecule has 3 nitrogen and oxygen atoms in total. The highest BCUT2D eigenvalue weighted by molar-refractivity contribution is 5.70. The summed E-state index contributed by atoms with van der Waals surface area (Å²) >= 11 is 0. The van der Waals surface area contributed by atoms with Gasteiger partial charge in [0.25, 0.3) is 0 Å². The summed E-state index contributed by atoms with van der Waals surface area (Å²) in [5.74, 6) is 0.639. The lowest BCUT2D eigenvalue weighted by Gasteiger charge is -2.03. The zero-order valence-electron chi connectivity index (χ0n) is 6.59. The zero-order chi connectivity index (χ0) is 8.27. The van der Waals surface area contributed by atoms with Crippen molar-refractivity contribution in [2.75, 3.05) is 5.32 Å².